The minimum atomic E-state index is -4.40. The number of rotatable bonds is 6. The topological polar surface area (TPSA) is 44.8 Å². The molecule has 1 saturated heterocycles. The molecule has 0 radical (unpaired) electrons. The minimum Gasteiger partial charge on any atom is -0.492 e. The Morgan fingerprint density at radius 1 is 1.15 bits per heavy atom. The number of fused-ring (bicyclic) bond motifs is 3. The second-order valence-corrected chi connectivity index (χ2v) is 9.04. The van der Waals surface area contributed by atoms with Crippen molar-refractivity contribution in [1.82, 2.24) is 10.2 Å². The summed E-state index contributed by atoms with van der Waals surface area (Å²) in [7, 11) is 0. The Hall–Kier alpha value is -2.74. The summed E-state index contributed by atoms with van der Waals surface area (Å²) in [5.41, 5.74) is 0.729. The average molecular weight is 462 g/mol. The molecule has 2 heterocycles. The zero-order chi connectivity index (χ0) is 23.6. The van der Waals surface area contributed by atoms with Crippen molar-refractivity contribution in [3.8, 4) is 5.75 Å². The second kappa shape index (κ2) is 9.63. The van der Waals surface area contributed by atoms with E-state index >= 15 is 0 Å². The molecule has 2 aromatic carbocycles. The van der Waals surface area contributed by atoms with Crippen LogP contribution < -0.4 is 15.0 Å². The van der Waals surface area contributed by atoms with Crippen LogP contribution in [0.2, 0.25) is 0 Å². The fraction of sp³-hybridized carbons (Fsp3) is 0.480. The van der Waals surface area contributed by atoms with Gasteiger partial charge in [-0.05, 0) is 56.2 Å². The smallest absolute Gasteiger partial charge is 0.416 e. The number of piperazine rings is 1. The fourth-order valence-electron chi connectivity index (χ4n) is 4.76. The van der Waals surface area contributed by atoms with E-state index < -0.39 is 17.7 Å². The third-order valence-corrected chi connectivity index (χ3v) is 6.31. The number of benzene rings is 2. The van der Waals surface area contributed by atoms with Gasteiger partial charge < -0.3 is 15.0 Å². The SMILES string of the molecule is CC(C)NC(=O)[C@H]1Cc2cc(C(F)(F)F)ccc2N2CCN(CCOc3ccccc3)C[C@@H]12. The predicted octanol–water partition coefficient (Wildman–Crippen LogP) is 3.97. The molecule has 2 aromatic rings. The number of ether oxygens (including phenoxy) is 1. The Kier molecular flexibility index (Phi) is 6.83. The predicted molar refractivity (Wildman–Crippen MR) is 121 cm³/mol. The van der Waals surface area contributed by atoms with Crippen LogP contribution in [0.3, 0.4) is 0 Å². The number of hydrogen-bond donors (Lipinski definition) is 1. The lowest BCUT2D eigenvalue weighted by Crippen LogP contribution is -2.61. The molecule has 8 heteroatoms. The van der Waals surface area contributed by atoms with Crippen LogP contribution in [0.25, 0.3) is 0 Å². The minimum absolute atomic E-state index is 0.0344. The lowest BCUT2D eigenvalue weighted by Gasteiger charge is -2.49. The Bertz CT molecular complexity index is 965. The van der Waals surface area contributed by atoms with Crippen LogP contribution in [-0.2, 0) is 17.4 Å². The number of nitrogens with zero attached hydrogens (tertiary/aromatic N) is 2. The van der Waals surface area contributed by atoms with Crippen molar-refractivity contribution in [1.29, 1.82) is 0 Å². The van der Waals surface area contributed by atoms with Gasteiger partial charge in [0.25, 0.3) is 0 Å². The molecule has 0 aromatic heterocycles. The molecule has 1 fully saturated rings. The standard InChI is InChI=1S/C25H30F3N3O2/c1-17(2)29-24(32)21-15-18-14-19(25(26,27)28)8-9-22(18)31-11-10-30(16-23(21)31)12-13-33-20-6-4-3-5-7-20/h3-9,14,17,21,23H,10-13,15-16H2,1-2H3,(H,29,32)/t21-,23-/m0/s1. The maximum atomic E-state index is 13.3. The Labute approximate surface area is 192 Å². The number of nitrogens with one attached hydrogen (secondary N) is 1. The quantitative estimate of drug-likeness (QED) is 0.707. The third kappa shape index (κ3) is 5.43. The van der Waals surface area contributed by atoms with Gasteiger partial charge in [0.15, 0.2) is 0 Å². The van der Waals surface area contributed by atoms with E-state index in [2.05, 4.69) is 15.1 Å². The van der Waals surface area contributed by atoms with Crippen molar-refractivity contribution in [2.75, 3.05) is 37.7 Å². The highest BCUT2D eigenvalue weighted by molar-refractivity contribution is 5.82. The van der Waals surface area contributed by atoms with Crippen molar-refractivity contribution in [3.05, 3.63) is 59.7 Å². The second-order valence-electron chi connectivity index (χ2n) is 9.04. The normalized spacial score (nSPS) is 20.8. The number of hydrogen-bond acceptors (Lipinski definition) is 4. The highest BCUT2D eigenvalue weighted by Crippen LogP contribution is 2.39. The molecule has 2 aliphatic heterocycles. The molecule has 0 spiro atoms. The highest BCUT2D eigenvalue weighted by atomic mass is 19.4. The average Bonchev–Trinajstić information content (AvgIpc) is 2.77. The van der Waals surface area contributed by atoms with Gasteiger partial charge in [-0.2, -0.15) is 13.2 Å². The number of alkyl halides is 3. The molecule has 0 saturated carbocycles. The molecule has 0 aliphatic carbocycles. The lowest BCUT2D eigenvalue weighted by atomic mass is 9.82. The molecule has 4 rings (SSSR count). The van der Waals surface area contributed by atoms with Crippen LogP contribution in [0.4, 0.5) is 18.9 Å². The third-order valence-electron chi connectivity index (χ3n) is 6.31. The molecule has 0 bridgehead atoms. The number of anilines is 1. The van der Waals surface area contributed by atoms with Gasteiger partial charge in [-0.1, -0.05) is 18.2 Å². The van der Waals surface area contributed by atoms with Gasteiger partial charge in [0.05, 0.1) is 17.5 Å². The van der Waals surface area contributed by atoms with E-state index in [4.69, 9.17) is 4.74 Å². The Morgan fingerprint density at radius 3 is 2.61 bits per heavy atom. The summed E-state index contributed by atoms with van der Waals surface area (Å²) < 4.78 is 45.7. The van der Waals surface area contributed by atoms with Crippen LogP contribution in [0, 0.1) is 5.92 Å². The van der Waals surface area contributed by atoms with Crippen LogP contribution in [0.5, 0.6) is 5.75 Å². The molecule has 178 valence electrons. The number of halogens is 3. The van der Waals surface area contributed by atoms with E-state index in [-0.39, 0.29) is 18.0 Å². The van der Waals surface area contributed by atoms with Gasteiger partial charge in [-0.25, -0.2) is 0 Å². The first-order valence-corrected chi connectivity index (χ1v) is 11.4. The number of para-hydroxylation sites is 1. The van der Waals surface area contributed by atoms with Crippen molar-refractivity contribution in [3.63, 3.8) is 0 Å². The van der Waals surface area contributed by atoms with E-state index in [9.17, 15) is 18.0 Å². The monoisotopic (exact) mass is 461 g/mol. The van der Waals surface area contributed by atoms with Gasteiger partial charge in [-0.3, -0.25) is 9.69 Å². The number of carbonyl (C=O) groups excluding carboxylic acids is 1. The number of amides is 1. The first-order valence-electron chi connectivity index (χ1n) is 11.4. The van der Waals surface area contributed by atoms with Crippen molar-refractivity contribution in [2.45, 2.75) is 38.5 Å². The van der Waals surface area contributed by atoms with Crippen LogP contribution >= 0.6 is 0 Å². The van der Waals surface area contributed by atoms with Crippen molar-refractivity contribution < 1.29 is 22.7 Å². The summed E-state index contributed by atoms with van der Waals surface area (Å²) in [6, 6.07) is 13.4. The Balaban J connectivity index is 1.51. The highest BCUT2D eigenvalue weighted by Gasteiger charge is 2.42. The lowest BCUT2D eigenvalue weighted by molar-refractivity contribution is -0.137. The van der Waals surface area contributed by atoms with E-state index in [1.165, 1.54) is 6.07 Å². The van der Waals surface area contributed by atoms with Gasteiger partial charge in [-0.15, -0.1) is 0 Å². The van der Waals surface area contributed by atoms with E-state index in [0.717, 1.165) is 30.6 Å². The summed E-state index contributed by atoms with van der Waals surface area (Å²) in [4.78, 5) is 17.5. The molecular weight excluding hydrogens is 431 g/mol. The van der Waals surface area contributed by atoms with Gasteiger partial charge >= 0.3 is 6.18 Å². The van der Waals surface area contributed by atoms with E-state index in [1.807, 2.05) is 44.2 Å². The van der Waals surface area contributed by atoms with Crippen LogP contribution in [-0.4, -0.2) is 55.7 Å². The molecule has 0 unspecified atom stereocenters. The zero-order valence-electron chi connectivity index (χ0n) is 18.9. The summed E-state index contributed by atoms with van der Waals surface area (Å²) >= 11 is 0. The summed E-state index contributed by atoms with van der Waals surface area (Å²) in [6.07, 6.45) is -4.10. The van der Waals surface area contributed by atoms with Gasteiger partial charge in [0.1, 0.15) is 12.4 Å². The van der Waals surface area contributed by atoms with Crippen LogP contribution in [0.1, 0.15) is 25.0 Å². The van der Waals surface area contributed by atoms with Crippen molar-refractivity contribution in [2.24, 2.45) is 5.92 Å². The molecule has 33 heavy (non-hydrogen) atoms. The number of carbonyl (C=O) groups is 1. The van der Waals surface area contributed by atoms with Gasteiger partial charge in [0, 0.05) is 37.9 Å². The largest absolute Gasteiger partial charge is 0.492 e. The maximum Gasteiger partial charge on any atom is 0.416 e. The molecular formula is C25H30F3N3O2. The Morgan fingerprint density at radius 2 is 1.91 bits per heavy atom. The van der Waals surface area contributed by atoms with E-state index in [0.29, 0.717) is 31.7 Å². The summed E-state index contributed by atoms with van der Waals surface area (Å²) in [6.45, 7) is 7.11. The van der Waals surface area contributed by atoms with Crippen molar-refractivity contribution >= 4 is 11.6 Å². The molecule has 1 amide bonds. The first kappa shape index (κ1) is 23.4. The summed E-state index contributed by atoms with van der Waals surface area (Å²) in [5.74, 6) is 0.295. The van der Waals surface area contributed by atoms with E-state index in [1.54, 1.807) is 6.07 Å². The molecule has 2 atom stereocenters. The fourth-order valence-corrected chi connectivity index (χ4v) is 4.76. The molecule has 5 nitrogen and oxygen atoms in total. The summed E-state index contributed by atoms with van der Waals surface area (Å²) in [5, 5.41) is 2.97. The molecule has 2 aliphatic rings. The zero-order valence-corrected chi connectivity index (χ0v) is 18.9. The van der Waals surface area contributed by atoms with Gasteiger partial charge in [0.2, 0.25) is 5.91 Å². The van der Waals surface area contributed by atoms with Crippen LogP contribution in [0.15, 0.2) is 48.5 Å². The maximum absolute atomic E-state index is 13.3. The first-order chi connectivity index (χ1) is 15.7. The molecule has 1 N–H and O–H groups in total.